The Bertz CT molecular complexity index is 1380. The molecule has 3 aromatic heterocycles. The third-order valence-corrected chi connectivity index (χ3v) is 6.51. The van der Waals surface area contributed by atoms with E-state index >= 15 is 0 Å². The van der Waals surface area contributed by atoms with E-state index in [9.17, 15) is 0 Å². The van der Waals surface area contributed by atoms with Gasteiger partial charge >= 0.3 is 0 Å². The molecule has 6 rings (SSSR count). The van der Waals surface area contributed by atoms with Gasteiger partial charge in [-0.1, -0.05) is 61.2 Å². The van der Waals surface area contributed by atoms with Crippen molar-refractivity contribution in [3.8, 4) is 16.9 Å². The van der Waals surface area contributed by atoms with E-state index in [-0.39, 0.29) is 0 Å². The van der Waals surface area contributed by atoms with Crippen molar-refractivity contribution in [3.05, 3.63) is 72.1 Å². The third-order valence-electron chi connectivity index (χ3n) is 6.26. The molecule has 0 spiro atoms. The molecule has 7 heteroatoms. The molecule has 0 unspecified atom stereocenters. The molecule has 1 N–H and O–H groups in total. The first-order valence-corrected chi connectivity index (χ1v) is 11.5. The van der Waals surface area contributed by atoms with E-state index in [1.54, 1.807) is 0 Å². The van der Waals surface area contributed by atoms with Crippen LogP contribution in [0.25, 0.3) is 33.6 Å². The van der Waals surface area contributed by atoms with Crippen LogP contribution in [0.2, 0.25) is 5.02 Å². The molecule has 0 aliphatic heterocycles. The number of fused-ring (bicyclic) bond motifs is 3. The fourth-order valence-electron chi connectivity index (χ4n) is 4.62. The first kappa shape index (κ1) is 19.3. The molecule has 5 aromatic rings. The maximum Gasteiger partial charge on any atom is 0.168 e. The lowest BCUT2D eigenvalue weighted by atomic mass is 9.95. The second-order valence-corrected chi connectivity index (χ2v) is 8.80. The summed E-state index contributed by atoms with van der Waals surface area (Å²) in [6, 6.07) is 18.4. The van der Waals surface area contributed by atoms with Crippen LogP contribution in [0.1, 0.15) is 32.1 Å². The number of imidazole rings is 1. The van der Waals surface area contributed by atoms with E-state index in [0.717, 1.165) is 39.4 Å². The van der Waals surface area contributed by atoms with Crippen LogP contribution in [0.5, 0.6) is 0 Å². The lowest BCUT2D eigenvalue weighted by Gasteiger charge is -2.24. The quantitative estimate of drug-likeness (QED) is 0.363. The Morgan fingerprint density at radius 2 is 1.69 bits per heavy atom. The smallest absolute Gasteiger partial charge is 0.168 e. The summed E-state index contributed by atoms with van der Waals surface area (Å²) in [6.45, 7) is 0. The van der Waals surface area contributed by atoms with E-state index in [2.05, 4.69) is 14.8 Å². The zero-order valence-corrected chi connectivity index (χ0v) is 18.3. The highest BCUT2D eigenvalue weighted by atomic mass is 35.5. The van der Waals surface area contributed by atoms with Crippen LogP contribution in [-0.4, -0.2) is 30.2 Å². The van der Waals surface area contributed by atoms with Gasteiger partial charge in [-0.15, -0.1) is 0 Å². The van der Waals surface area contributed by atoms with Gasteiger partial charge in [-0.3, -0.25) is 4.40 Å². The topological polar surface area (TPSA) is 60.0 Å². The van der Waals surface area contributed by atoms with Gasteiger partial charge < -0.3 is 5.32 Å². The van der Waals surface area contributed by atoms with Crippen LogP contribution in [0.15, 0.2) is 67.1 Å². The van der Waals surface area contributed by atoms with Gasteiger partial charge in [0, 0.05) is 16.6 Å². The number of nitrogens with one attached hydrogen (secondary N) is 1. The minimum absolute atomic E-state index is 0.442. The Labute approximate surface area is 190 Å². The van der Waals surface area contributed by atoms with Gasteiger partial charge in [-0.05, 0) is 37.1 Å². The van der Waals surface area contributed by atoms with Gasteiger partial charge in [0.1, 0.15) is 17.8 Å². The molecule has 1 fully saturated rings. The Hall–Kier alpha value is -3.38. The van der Waals surface area contributed by atoms with Crippen molar-refractivity contribution in [2.24, 2.45) is 0 Å². The second kappa shape index (κ2) is 7.95. The first-order valence-electron chi connectivity index (χ1n) is 11.1. The molecule has 0 saturated heterocycles. The summed E-state index contributed by atoms with van der Waals surface area (Å²) in [5.74, 6) is 0.982. The number of nitrogens with zero attached hydrogens (tertiary/aromatic N) is 5. The average molecular weight is 443 g/mol. The SMILES string of the molecule is Clc1ccc(-c2nc3c4cnn(-c5ccccc5)c4ncn3c2NC2CCCCC2)cc1. The Morgan fingerprint density at radius 3 is 2.47 bits per heavy atom. The molecule has 0 bridgehead atoms. The summed E-state index contributed by atoms with van der Waals surface area (Å²) >= 11 is 6.15. The molecule has 2 aromatic carbocycles. The van der Waals surface area contributed by atoms with Crippen molar-refractivity contribution >= 4 is 34.1 Å². The minimum Gasteiger partial charge on any atom is -0.367 e. The predicted molar refractivity (Wildman–Crippen MR) is 129 cm³/mol. The lowest BCUT2D eigenvalue weighted by molar-refractivity contribution is 0.461. The molecule has 0 amide bonds. The molecule has 1 saturated carbocycles. The summed E-state index contributed by atoms with van der Waals surface area (Å²) < 4.78 is 3.93. The third kappa shape index (κ3) is 3.31. The molecule has 6 nitrogen and oxygen atoms in total. The highest BCUT2D eigenvalue weighted by molar-refractivity contribution is 6.30. The highest BCUT2D eigenvalue weighted by Crippen LogP contribution is 2.34. The summed E-state index contributed by atoms with van der Waals surface area (Å²) in [5, 5.41) is 10.0. The van der Waals surface area contributed by atoms with E-state index in [4.69, 9.17) is 21.6 Å². The summed E-state index contributed by atoms with van der Waals surface area (Å²) in [4.78, 5) is 9.86. The zero-order chi connectivity index (χ0) is 21.5. The van der Waals surface area contributed by atoms with Crippen molar-refractivity contribution in [1.82, 2.24) is 24.1 Å². The Kier molecular flexibility index (Phi) is 4.80. The minimum atomic E-state index is 0.442. The zero-order valence-electron chi connectivity index (χ0n) is 17.6. The van der Waals surface area contributed by atoms with Crippen LogP contribution >= 0.6 is 11.6 Å². The molecule has 0 atom stereocenters. The number of hydrogen-bond acceptors (Lipinski definition) is 4. The van der Waals surface area contributed by atoms with E-state index in [1.807, 2.05) is 71.8 Å². The largest absolute Gasteiger partial charge is 0.367 e. The van der Waals surface area contributed by atoms with Crippen LogP contribution in [0.4, 0.5) is 5.82 Å². The molecular weight excluding hydrogens is 420 g/mol. The van der Waals surface area contributed by atoms with Gasteiger partial charge in [0.05, 0.1) is 17.3 Å². The van der Waals surface area contributed by atoms with E-state index in [0.29, 0.717) is 11.1 Å². The summed E-state index contributed by atoms with van der Waals surface area (Å²) in [5.41, 5.74) is 4.56. The Balaban J connectivity index is 1.54. The number of hydrogen-bond donors (Lipinski definition) is 1. The van der Waals surface area contributed by atoms with Crippen LogP contribution in [0.3, 0.4) is 0 Å². The number of rotatable bonds is 4. The molecular formula is C25H23ClN6. The van der Waals surface area contributed by atoms with Gasteiger partial charge in [-0.25, -0.2) is 14.6 Å². The highest BCUT2D eigenvalue weighted by Gasteiger charge is 2.22. The maximum absolute atomic E-state index is 6.15. The van der Waals surface area contributed by atoms with Crippen LogP contribution < -0.4 is 5.32 Å². The predicted octanol–water partition coefficient (Wildman–Crippen LogP) is 6.13. The average Bonchev–Trinajstić information content (AvgIpc) is 3.43. The van der Waals surface area contributed by atoms with Gasteiger partial charge in [0.25, 0.3) is 0 Å². The van der Waals surface area contributed by atoms with Crippen molar-refractivity contribution in [1.29, 1.82) is 0 Å². The lowest BCUT2D eigenvalue weighted by Crippen LogP contribution is -2.23. The number of benzene rings is 2. The number of anilines is 1. The van der Waals surface area contributed by atoms with Gasteiger partial charge in [0.15, 0.2) is 11.3 Å². The summed E-state index contributed by atoms with van der Waals surface area (Å²) in [7, 11) is 0. The van der Waals surface area contributed by atoms with E-state index < -0.39 is 0 Å². The molecule has 1 aliphatic carbocycles. The first-order chi connectivity index (χ1) is 15.8. The van der Waals surface area contributed by atoms with Crippen LogP contribution in [0, 0.1) is 0 Å². The standard InChI is InChI=1S/C25H23ClN6/c26-18-13-11-17(12-14-18)22-25(29-19-7-3-1-4-8-19)31-16-27-23-21(24(31)30-22)15-28-32(23)20-9-5-2-6-10-20/h2,5-6,9-16,19,29H,1,3-4,7-8H2. The number of halogens is 1. The van der Waals surface area contributed by atoms with E-state index in [1.165, 1.54) is 32.1 Å². The Morgan fingerprint density at radius 1 is 0.906 bits per heavy atom. The molecule has 3 heterocycles. The number of aromatic nitrogens is 5. The molecule has 160 valence electrons. The number of para-hydroxylation sites is 1. The van der Waals surface area contributed by atoms with Crippen molar-refractivity contribution in [2.45, 2.75) is 38.1 Å². The van der Waals surface area contributed by atoms with Crippen molar-refractivity contribution in [2.75, 3.05) is 5.32 Å². The van der Waals surface area contributed by atoms with Gasteiger partial charge in [0.2, 0.25) is 0 Å². The monoisotopic (exact) mass is 442 g/mol. The molecule has 32 heavy (non-hydrogen) atoms. The van der Waals surface area contributed by atoms with Crippen molar-refractivity contribution in [3.63, 3.8) is 0 Å². The summed E-state index contributed by atoms with van der Waals surface area (Å²) in [6.07, 6.45) is 9.90. The fraction of sp³-hybridized carbons (Fsp3) is 0.240. The fourth-order valence-corrected chi connectivity index (χ4v) is 4.74. The van der Waals surface area contributed by atoms with Crippen molar-refractivity contribution < 1.29 is 0 Å². The maximum atomic E-state index is 6.15. The van der Waals surface area contributed by atoms with Gasteiger partial charge in [-0.2, -0.15) is 5.10 Å². The second-order valence-electron chi connectivity index (χ2n) is 8.36. The normalized spacial score (nSPS) is 14.9. The molecule has 1 aliphatic rings. The molecule has 0 radical (unpaired) electrons. The van der Waals surface area contributed by atoms with Crippen LogP contribution in [-0.2, 0) is 0 Å².